The van der Waals surface area contributed by atoms with Gasteiger partial charge in [0.25, 0.3) is 0 Å². The number of hydrogen-bond donors (Lipinski definition) is 1. The monoisotopic (exact) mass is 644 g/mol. The van der Waals surface area contributed by atoms with Crippen molar-refractivity contribution in [2.24, 2.45) is 0 Å². The predicted octanol–water partition coefficient (Wildman–Crippen LogP) is 7.99. The summed E-state index contributed by atoms with van der Waals surface area (Å²) < 4.78 is 4.23. The van der Waals surface area contributed by atoms with Crippen molar-refractivity contribution in [1.29, 1.82) is 0 Å². The van der Waals surface area contributed by atoms with E-state index in [-0.39, 0.29) is 0 Å². The van der Waals surface area contributed by atoms with Crippen molar-refractivity contribution in [1.82, 2.24) is 19.7 Å². The standard InChI is InChI=1S/C30H22Br2N4OS/c31-21-11-13-26-24(15-21)25-16-22(32)12-14-27(25)36(26)17-23(37)18-38-30-33-28(19-7-3-1-4-8-19)29(34-35-30)20-9-5-2-6-10-20/h1-16,23,37H,17-18H2. The number of thioether (sulfide) groups is 1. The third kappa shape index (κ3) is 5.14. The minimum Gasteiger partial charge on any atom is -0.390 e. The fraction of sp³-hybridized carbons (Fsp3) is 0.100. The van der Waals surface area contributed by atoms with Crippen LogP contribution >= 0.6 is 43.6 Å². The van der Waals surface area contributed by atoms with Crippen LogP contribution in [0.1, 0.15) is 0 Å². The summed E-state index contributed by atoms with van der Waals surface area (Å²) in [4.78, 5) is 4.87. The quantitative estimate of drug-likeness (QED) is 0.178. The van der Waals surface area contributed by atoms with Gasteiger partial charge in [0, 0.05) is 47.6 Å². The van der Waals surface area contributed by atoms with E-state index >= 15 is 0 Å². The maximum absolute atomic E-state index is 11.1. The zero-order chi connectivity index (χ0) is 26.1. The molecule has 0 amide bonds. The molecule has 0 fully saturated rings. The van der Waals surface area contributed by atoms with E-state index in [1.165, 1.54) is 11.8 Å². The molecule has 1 N–H and O–H groups in total. The minimum absolute atomic E-state index is 0.439. The molecule has 5 nitrogen and oxygen atoms in total. The van der Waals surface area contributed by atoms with Gasteiger partial charge in [-0.15, -0.1) is 10.2 Å². The van der Waals surface area contributed by atoms with E-state index in [1.807, 2.05) is 72.8 Å². The average molecular weight is 646 g/mol. The highest BCUT2D eigenvalue weighted by molar-refractivity contribution is 9.10. The van der Waals surface area contributed by atoms with E-state index in [0.29, 0.717) is 17.5 Å². The van der Waals surface area contributed by atoms with Crippen molar-refractivity contribution in [3.8, 4) is 22.5 Å². The van der Waals surface area contributed by atoms with Crippen LogP contribution in [0, 0.1) is 0 Å². The van der Waals surface area contributed by atoms with Crippen LogP contribution in [0.4, 0.5) is 0 Å². The smallest absolute Gasteiger partial charge is 0.209 e. The lowest BCUT2D eigenvalue weighted by atomic mass is 10.0. The number of aliphatic hydroxyl groups is 1. The van der Waals surface area contributed by atoms with Crippen LogP contribution in [0.3, 0.4) is 0 Å². The van der Waals surface area contributed by atoms with Gasteiger partial charge in [0.2, 0.25) is 5.16 Å². The summed E-state index contributed by atoms with van der Waals surface area (Å²) in [6.45, 7) is 0.456. The highest BCUT2D eigenvalue weighted by atomic mass is 79.9. The van der Waals surface area contributed by atoms with Crippen LogP contribution in [0.25, 0.3) is 44.3 Å². The number of benzene rings is 4. The Kier molecular flexibility index (Phi) is 7.30. The van der Waals surface area contributed by atoms with E-state index in [1.54, 1.807) is 0 Å². The lowest BCUT2D eigenvalue weighted by molar-refractivity contribution is 0.181. The molecule has 6 rings (SSSR count). The molecule has 188 valence electrons. The molecule has 38 heavy (non-hydrogen) atoms. The molecular weight excluding hydrogens is 624 g/mol. The Balaban J connectivity index is 1.27. The van der Waals surface area contributed by atoms with Gasteiger partial charge in [-0.1, -0.05) is 104 Å². The summed E-state index contributed by atoms with van der Waals surface area (Å²) in [6, 6.07) is 32.5. The topological polar surface area (TPSA) is 63.8 Å². The second-order valence-corrected chi connectivity index (χ2v) is 11.7. The van der Waals surface area contributed by atoms with Crippen molar-refractivity contribution in [2.75, 3.05) is 5.75 Å². The zero-order valence-electron chi connectivity index (χ0n) is 20.1. The fourth-order valence-corrected chi connectivity index (χ4v) is 6.06. The minimum atomic E-state index is -0.608. The van der Waals surface area contributed by atoms with Crippen LogP contribution in [0.15, 0.2) is 111 Å². The number of fused-ring (bicyclic) bond motifs is 3. The van der Waals surface area contributed by atoms with Gasteiger partial charge in [-0.05, 0) is 36.4 Å². The number of nitrogens with zero attached hydrogens (tertiary/aromatic N) is 4. The Morgan fingerprint density at radius 1 is 0.711 bits per heavy atom. The molecule has 0 saturated carbocycles. The second-order valence-electron chi connectivity index (χ2n) is 8.92. The van der Waals surface area contributed by atoms with Crippen LogP contribution < -0.4 is 0 Å². The molecule has 0 spiro atoms. The number of rotatable bonds is 7. The molecule has 6 aromatic rings. The Hall–Kier alpha value is -3.04. The molecule has 1 unspecified atom stereocenters. The van der Waals surface area contributed by atoms with Crippen LogP contribution in [0.5, 0.6) is 0 Å². The molecule has 2 heterocycles. The van der Waals surface area contributed by atoms with Crippen molar-refractivity contribution in [2.45, 2.75) is 17.8 Å². The van der Waals surface area contributed by atoms with Gasteiger partial charge in [0.15, 0.2) is 0 Å². The number of halogens is 2. The third-order valence-electron chi connectivity index (χ3n) is 6.35. The van der Waals surface area contributed by atoms with Gasteiger partial charge in [0.05, 0.1) is 12.6 Å². The van der Waals surface area contributed by atoms with E-state index < -0.39 is 6.10 Å². The maximum atomic E-state index is 11.1. The lowest BCUT2D eigenvalue weighted by Crippen LogP contribution is -2.18. The summed E-state index contributed by atoms with van der Waals surface area (Å²) in [5.74, 6) is 0.439. The van der Waals surface area contributed by atoms with Crippen molar-refractivity contribution >= 4 is 65.4 Å². The van der Waals surface area contributed by atoms with Gasteiger partial charge >= 0.3 is 0 Å². The molecule has 0 radical (unpaired) electrons. The highest BCUT2D eigenvalue weighted by Crippen LogP contribution is 2.34. The average Bonchev–Trinajstić information content (AvgIpc) is 3.24. The van der Waals surface area contributed by atoms with E-state index in [0.717, 1.165) is 53.3 Å². The molecule has 0 aliphatic rings. The first-order valence-corrected chi connectivity index (χ1v) is 14.7. The van der Waals surface area contributed by atoms with E-state index in [9.17, 15) is 5.11 Å². The van der Waals surface area contributed by atoms with Gasteiger partial charge in [-0.2, -0.15) is 0 Å². The van der Waals surface area contributed by atoms with Crippen LogP contribution in [-0.4, -0.2) is 36.7 Å². The Labute approximate surface area is 241 Å². The molecule has 0 saturated heterocycles. The fourth-order valence-electron chi connectivity index (χ4n) is 4.64. The summed E-state index contributed by atoms with van der Waals surface area (Å²) >= 11 is 8.61. The van der Waals surface area contributed by atoms with E-state index in [4.69, 9.17) is 4.98 Å². The van der Waals surface area contributed by atoms with Crippen molar-refractivity contribution in [3.05, 3.63) is 106 Å². The van der Waals surface area contributed by atoms with Crippen LogP contribution in [-0.2, 0) is 6.54 Å². The largest absolute Gasteiger partial charge is 0.390 e. The van der Waals surface area contributed by atoms with Crippen molar-refractivity contribution < 1.29 is 5.11 Å². The summed E-state index contributed by atoms with van der Waals surface area (Å²) in [5, 5.41) is 22.9. The Morgan fingerprint density at radius 2 is 1.26 bits per heavy atom. The lowest BCUT2D eigenvalue weighted by Gasteiger charge is -2.14. The molecule has 2 aromatic heterocycles. The molecule has 1 atom stereocenters. The van der Waals surface area contributed by atoms with Gasteiger partial charge in [0.1, 0.15) is 11.4 Å². The Morgan fingerprint density at radius 3 is 1.84 bits per heavy atom. The first kappa shape index (κ1) is 25.2. The molecule has 8 heteroatoms. The SMILES string of the molecule is OC(CSc1nnc(-c2ccccc2)c(-c2ccccc2)n1)Cn1c2ccc(Br)cc2c2cc(Br)ccc21. The molecule has 0 aliphatic heterocycles. The summed E-state index contributed by atoms with van der Waals surface area (Å²) in [7, 11) is 0. The maximum Gasteiger partial charge on any atom is 0.209 e. The number of hydrogen-bond acceptors (Lipinski definition) is 5. The molecular formula is C30H22Br2N4OS. The van der Waals surface area contributed by atoms with Crippen molar-refractivity contribution in [3.63, 3.8) is 0 Å². The normalized spacial score (nSPS) is 12.3. The first-order chi connectivity index (χ1) is 18.6. The van der Waals surface area contributed by atoms with E-state index in [2.05, 4.69) is 70.9 Å². The molecule has 4 aromatic carbocycles. The number of aromatic nitrogens is 4. The third-order valence-corrected chi connectivity index (χ3v) is 8.32. The summed E-state index contributed by atoms with van der Waals surface area (Å²) in [5.41, 5.74) is 5.63. The number of aliphatic hydroxyl groups excluding tert-OH is 1. The zero-order valence-corrected chi connectivity index (χ0v) is 24.1. The summed E-state index contributed by atoms with van der Waals surface area (Å²) in [6.07, 6.45) is -0.608. The molecule has 0 bridgehead atoms. The highest BCUT2D eigenvalue weighted by Gasteiger charge is 2.17. The molecule has 0 aliphatic carbocycles. The predicted molar refractivity (Wildman–Crippen MR) is 162 cm³/mol. The Bertz CT molecular complexity index is 1680. The van der Waals surface area contributed by atoms with Gasteiger partial charge < -0.3 is 9.67 Å². The second kappa shape index (κ2) is 11.0. The van der Waals surface area contributed by atoms with Gasteiger partial charge in [-0.3, -0.25) is 0 Å². The van der Waals surface area contributed by atoms with Gasteiger partial charge in [-0.25, -0.2) is 4.98 Å². The first-order valence-electron chi connectivity index (χ1n) is 12.1. The van der Waals surface area contributed by atoms with Crippen LogP contribution in [0.2, 0.25) is 0 Å².